The van der Waals surface area contributed by atoms with E-state index in [1.165, 1.54) is 0 Å². The van der Waals surface area contributed by atoms with Gasteiger partial charge in [0.15, 0.2) is 0 Å². The number of nitrogens with two attached hydrogens (primary N) is 1. The Balaban J connectivity index is 3.64. The lowest BCUT2D eigenvalue weighted by Crippen LogP contribution is -2.31. The monoisotopic (exact) mass is 226 g/mol. The SMILES string of the molecule is CCN(CCCCC(=O)NN)CC(C)C#N. The third-order valence-electron chi connectivity index (χ3n) is 2.49. The highest BCUT2D eigenvalue weighted by atomic mass is 16.2. The molecule has 92 valence electrons. The van der Waals surface area contributed by atoms with Gasteiger partial charge in [-0.25, -0.2) is 5.84 Å². The minimum Gasteiger partial charge on any atom is -0.302 e. The lowest BCUT2D eigenvalue weighted by molar-refractivity contribution is -0.121. The first-order valence-corrected chi connectivity index (χ1v) is 5.75. The molecule has 0 heterocycles. The Morgan fingerprint density at radius 3 is 2.75 bits per heavy atom. The molecule has 0 saturated heterocycles. The molecule has 0 spiro atoms. The number of rotatable bonds is 8. The highest BCUT2D eigenvalue weighted by Gasteiger charge is 2.07. The van der Waals surface area contributed by atoms with E-state index in [4.69, 9.17) is 11.1 Å². The maximum absolute atomic E-state index is 10.9. The van der Waals surface area contributed by atoms with Gasteiger partial charge in [-0.2, -0.15) is 5.26 Å². The van der Waals surface area contributed by atoms with E-state index in [9.17, 15) is 4.79 Å². The Kier molecular flexibility index (Phi) is 8.49. The summed E-state index contributed by atoms with van der Waals surface area (Å²) in [5.41, 5.74) is 2.11. The van der Waals surface area contributed by atoms with Crippen LogP contribution in [-0.4, -0.2) is 30.4 Å². The van der Waals surface area contributed by atoms with Gasteiger partial charge in [-0.1, -0.05) is 6.92 Å². The quantitative estimate of drug-likeness (QED) is 0.275. The molecule has 5 nitrogen and oxygen atoms in total. The fourth-order valence-electron chi connectivity index (χ4n) is 1.50. The Labute approximate surface area is 97.6 Å². The number of nitrogens with one attached hydrogen (secondary N) is 1. The van der Waals surface area contributed by atoms with Crippen molar-refractivity contribution in [2.45, 2.75) is 33.1 Å². The Morgan fingerprint density at radius 1 is 1.56 bits per heavy atom. The van der Waals surface area contributed by atoms with Gasteiger partial charge in [0.1, 0.15) is 0 Å². The number of nitriles is 1. The molecule has 0 bridgehead atoms. The number of amides is 1. The van der Waals surface area contributed by atoms with Crippen LogP contribution in [-0.2, 0) is 4.79 Å². The van der Waals surface area contributed by atoms with Crippen LogP contribution in [0.4, 0.5) is 0 Å². The van der Waals surface area contributed by atoms with Crippen LogP contribution in [0, 0.1) is 17.2 Å². The maximum Gasteiger partial charge on any atom is 0.233 e. The minimum atomic E-state index is -0.117. The predicted octanol–water partition coefficient (Wildman–Crippen LogP) is 0.628. The summed E-state index contributed by atoms with van der Waals surface area (Å²) < 4.78 is 0. The standard InChI is InChI=1S/C11H22N4O/c1-3-15(9-10(2)8-12)7-5-4-6-11(16)14-13/h10H,3-7,9,13H2,1-2H3,(H,14,16). The van der Waals surface area contributed by atoms with Crippen LogP contribution >= 0.6 is 0 Å². The third kappa shape index (κ3) is 7.21. The first kappa shape index (κ1) is 14.9. The van der Waals surface area contributed by atoms with Gasteiger partial charge in [0.25, 0.3) is 0 Å². The van der Waals surface area contributed by atoms with Gasteiger partial charge in [0.2, 0.25) is 5.91 Å². The average Bonchev–Trinajstić information content (AvgIpc) is 2.32. The number of carbonyl (C=O) groups is 1. The zero-order valence-corrected chi connectivity index (χ0v) is 10.2. The zero-order valence-electron chi connectivity index (χ0n) is 10.2. The predicted molar refractivity (Wildman–Crippen MR) is 63.1 cm³/mol. The fourth-order valence-corrected chi connectivity index (χ4v) is 1.50. The molecular weight excluding hydrogens is 204 g/mol. The zero-order chi connectivity index (χ0) is 12.4. The summed E-state index contributed by atoms with van der Waals surface area (Å²) in [7, 11) is 0. The van der Waals surface area contributed by atoms with Gasteiger partial charge in [-0.05, 0) is 32.9 Å². The summed E-state index contributed by atoms with van der Waals surface area (Å²) in [5.74, 6) is 4.92. The van der Waals surface area contributed by atoms with E-state index in [-0.39, 0.29) is 11.8 Å². The molecule has 1 atom stereocenters. The molecule has 3 N–H and O–H groups in total. The van der Waals surface area contributed by atoms with E-state index in [0.717, 1.165) is 32.5 Å². The van der Waals surface area contributed by atoms with Gasteiger partial charge in [-0.3, -0.25) is 10.2 Å². The Bertz CT molecular complexity index is 237. The van der Waals surface area contributed by atoms with E-state index in [2.05, 4.69) is 23.3 Å². The molecule has 0 radical (unpaired) electrons. The van der Waals surface area contributed by atoms with Crippen molar-refractivity contribution in [3.8, 4) is 6.07 Å². The van der Waals surface area contributed by atoms with Crippen LogP contribution in [0.2, 0.25) is 0 Å². The molecule has 0 fully saturated rings. The molecule has 5 heteroatoms. The van der Waals surface area contributed by atoms with Crippen LogP contribution < -0.4 is 11.3 Å². The van der Waals surface area contributed by atoms with Gasteiger partial charge in [-0.15, -0.1) is 0 Å². The van der Waals surface area contributed by atoms with E-state index >= 15 is 0 Å². The highest BCUT2D eigenvalue weighted by Crippen LogP contribution is 2.02. The van der Waals surface area contributed by atoms with Crippen molar-refractivity contribution in [3.05, 3.63) is 0 Å². The van der Waals surface area contributed by atoms with Crippen LogP contribution in [0.15, 0.2) is 0 Å². The van der Waals surface area contributed by atoms with E-state index < -0.39 is 0 Å². The van der Waals surface area contributed by atoms with Crippen molar-refractivity contribution in [2.75, 3.05) is 19.6 Å². The van der Waals surface area contributed by atoms with Crippen LogP contribution in [0.1, 0.15) is 33.1 Å². The smallest absolute Gasteiger partial charge is 0.233 e. The van der Waals surface area contributed by atoms with Crippen molar-refractivity contribution in [1.29, 1.82) is 5.26 Å². The summed E-state index contributed by atoms with van der Waals surface area (Å²) in [5, 5.41) is 8.71. The second-order valence-electron chi connectivity index (χ2n) is 3.95. The van der Waals surface area contributed by atoms with E-state index in [1.54, 1.807) is 0 Å². The number of unbranched alkanes of at least 4 members (excludes halogenated alkanes) is 1. The molecule has 0 aromatic carbocycles. The van der Waals surface area contributed by atoms with Crippen molar-refractivity contribution in [3.63, 3.8) is 0 Å². The fraction of sp³-hybridized carbons (Fsp3) is 0.818. The molecule has 0 aliphatic heterocycles. The average molecular weight is 226 g/mol. The summed E-state index contributed by atoms with van der Waals surface area (Å²) in [6.45, 7) is 6.67. The maximum atomic E-state index is 10.9. The number of carbonyl (C=O) groups excluding carboxylic acids is 1. The lowest BCUT2D eigenvalue weighted by Gasteiger charge is -2.21. The number of hydrazine groups is 1. The first-order chi connectivity index (χ1) is 7.63. The van der Waals surface area contributed by atoms with Crippen molar-refractivity contribution >= 4 is 5.91 Å². The molecule has 16 heavy (non-hydrogen) atoms. The van der Waals surface area contributed by atoms with Crippen molar-refractivity contribution in [1.82, 2.24) is 10.3 Å². The van der Waals surface area contributed by atoms with Crippen LogP contribution in [0.3, 0.4) is 0 Å². The summed E-state index contributed by atoms with van der Waals surface area (Å²) in [6.07, 6.45) is 2.27. The topological polar surface area (TPSA) is 82.2 Å². The van der Waals surface area contributed by atoms with Gasteiger partial charge in [0.05, 0.1) is 12.0 Å². The van der Waals surface area contributed by atoms with Gasteiger partial charge in [0, 0.05) is 13.0 Å². The summed E-state index contributed by atoms with van der Waals surface area (Å²) in [6, 6.07) is 2.23. The molecule has 0 saturated carbocycles. The summed E-state index contributed by atoms with van der Waals surface area (Å²) >= 11 is 0. The molecule has 0 aromatic rings. The Morgan fingerprint density at radius 2 is 2.25 bits per heavy atom. The van der Waals surface area contributed by atoms with Crippen molar-refractivity contribution < 1.29 is 4.79 Å². The number of nitrogens with zero attached hydrogens (tertiary/aromatic N) is 2. The van der Waals surface area contributed by atoms with E-state index in [0.29, 0.717) is 6.42 Å². The Hall–Kier alpha value is -1.12. The highest BCUT2D eigenvalue weighted by molar-refractivity contribution is 5.75. The van der Waals surface area contributed by atoms with Gasteiger partial charge >= 0.3 is 0 Å². The second-order valence-corrected chi connectivity index (χ2v) is 3.95. The second kappa shape index (κ2) is 9.13. The van der Waals surface area contributed by atoms with Crippen molar-refractivity contribution in [2.24, 2.45) is 11.8 Å². The van der Waals surface area contributed by atoms with E-state index in [1.807, 2.05) is 6.92 Å². The largest absolute Gasteiger partial charge is 0.302 e. The molecular formula is C11H22N4O. The molecule has 0 aliphatic rings. The summed E-state index contributed by atoms with van der Waals surface area (Å²) in [4.78, 5) is 13.1. The van der Waals surface area contributed by atoms with Crippen LogP contribution in [0.25, 0.3) is 0 Å². The number of hydrogen-bond acceptors (Lipinski definition) is 4. The molecule has 1 amide bonds. The van der Waals surface area contributed by atoms with Gasteiger partial charge < -0.3 is 4.90 Å². The molecule has 1 unspecified atom stereocenters. The van der Waals surface area contributed by atoms with Crippen LogP contribution in [0.5, 0.6) is 0 Å². The number of hydrogen-bond donors (Lipinski definition) is 2. The molecule has 0 rings (SSSR count). The first-order valence-electron chi connectivity index (χ1n) is 5.75. The lowest BCUT2D eigenvalue weighted by atomic mass is 10.1. The minimum absolute atomic E-state index is 0.0623. The normalized spacial score (nSPS) is 12.2. The molecule has 0 aromatic heterocycles. The molecule has 0 aliphatic carbocycles. The third-order valence-corrected chi connectivity index (χ3v) is 2.49.